The van der Waals surface area contributed by atoms with Crippen LogP contribution in [0, 0.1) is 19.8 Å². The molecule has 0 spiro atoms. The van der Waals surface area contributed by atoms with E-state index in [4.69, 9.17) is 0 Å². The van der Waals surface area contributed by atoms with E-state index in [0.29, 0.717) is 11.8 Å². The summed E-state index contributed by atoms with van der Waals surface area (Å²) in [6, 6.07) is 19.1. The van der Waals surface area contributed by atoms with Gasteiger partial charge in [0.15, 0.2) is 0 Å². The summed E-state index contributed by atoms with van der Waals surface area (Å²) in [5.41, 5.74) is 4.18. The normalized spacial score (nSPS) is 12.1. The molecule has 0 radical (unpaired) electrons. The van der Waals surface area contributed by atoms with Crippen LogP contribution in [-0.4, -0.2) is 13.1 Å². The van der Waals surface area contributed by atoms with Gasteiger partial charge >= 0.3 is 0 Å². The lowest BCUT2D eigenvalue weighted by molar-refractivity contribution is 0.448. The molecule has 2 rings (SSSR count). The molecule has 0 saturated carbocycles. The molecule has 0 aliphatic heterocycles. The van der Waals surface area contributed by atoms with Gasteiger partial charge in [-0.25, -0.2) is 0 Å². The topological polar surface area (TPSA) is 12.0 Å². The van der Waals surface area contributed by atoms with Crippen LogP contribution in [0.2, 0.25) is 0 Å². The summed E-state index contributed by atoms with van der Waals surface area (Å²) < 4.78 is 0. The first-order valence-corrected chi connectivity index (χ1v) is 10.3. The average molecular weight is 356 g/mol. The molecule has 0 aromatic heterocycles. The summed E-state index contributed by atoms with van der Waals surface area (Å²) >= 11 is 0. The van der Waals surface area contributed by atoms with Crippen LogP contribution >= 0.6 is 0 Å². The molecule has 2 atom stereocenters. The van der Waals surface area contributed by atoms with E-state index >= 15 is 0 Å². The number of benzene rings is 2. The van der Waals surface area contributed by atoms with Gasteiger partial charge in [0.25, 0.3) is 0 Å². The molecule has 0 amide bonds. The fraction of sp³-hybridized carbons (Fsp3) is 0.520. The second kappa shape index (κ2) is 15.6. The van der Waals surface area contributed by atoms with Crippen molar-refractivity contribution < 1.29 is 0 Å². The minimum atomic E-state index is 0.635. The van der Waals surface area contributed by atoms with Gasteiger partial charge in [-0.1, -0.05) is 95.6 Å². The van der Waals surface area contributed by atoms with E-state index in [1.807, 2.05) is 0 Å². The van der Waals surface area contributed by atoms with Gasteiger partial charge in [0.05, 0.1) is 0 Å². The molecule has 1 heteroatoms. The zero-order valence-corrected chi connectivity index (χ0v) is 18.2. The third kappa shape index (κ3) is 11.1. The predicted molar refractivity (Wildman–Crippen MR) is 119 cm³/mol. The Balaban J connectivity index is 0.000000474. The lowest BCUT2D eigenvalue weighted by atomic mass is 9.89. The van der Waals surface area contributed by atoms with Crippen molar-refractivity contribution in [1.29, 1.82) is 0 Å². The molecule has 0 aliphatic rings. The van der Waals surface area contributed by atoms with Gasteiger partial charge in [-0.2, -0.15) is 0 Å². The van der Waals surface area contributed by atoms with Crippen molar-refractivity contribution in [2.45, 2.75) is 67.2 Å². The van der Waals surface area contributed by atoms with Crippen LogP contribution in [0.25, 0.3) is 0 Å². The van der Waals surface area contributed by atoms with Crippen LogP contribution < -0.4 is 5.32 Å². The van der Waals surface area contributed by atoms with Gasteiger partial charge in [0.2, 0.25) is 0 Å². The molecular formula is C25H41N. The van der Waals surface area contributed by atoms with Crippen molar-refractivity contribution in [3.05, 3.63) is 71.3 Å². The fourth-order valence-electron chi connectivity index (χ4n) is 2.43. The molecule has 1 unspecified atom stereocenters. The molecule has 2 aromatic rings. The van der Waals surface area contributed by atoms with Crippen molar-refractivity contribution in [1.82, 2.24) is 5.32 Å². The molecule has 0 fully saturated rings. The Morgan fingerprint density at radius 1 is 0.769 bits per heavy atom. The molecule has 0 heterocycles. The number of hydrogen-bond donors (Lipinski definition) is 1. The maximum Gasteiger partial charge on any atom is -0.00174 e. The van der Waals surface area contributed by atoms with E-state index in [0.717, 1.165) is 13.1 Å². The van der Waals surface area contributed by atoms with Gasteiger partial charge < -0.3 is 5.32 Å². The molecule has 1 nitrogen and oxygen atoms in total. The Hall–Kier alpha value is -1.60. The molecule has 2 aromatic carbocycles. The van der Waals surface area contributed by atoms with E-state index in [2.05, 4.69) is 108 Å². The predicted octanol–water partition coefficient (Wildman–Crippen LogP) is 7.15. The zero-order chi connectivity index (χ0) is 19.8. The minimum absolute atomic E-state index is 0.635. The summed E-state index contributed by atoms with van der Waals surface area (Å²) in [7, 11) is 0. The van der Waals surface area contributed by atoms with E-state index in [-0.39, 0.29) is 0 Å². The second-order valence-electron chi connectivity index (χ2n) is 7.17. The number of nitrogens with one attached hydrogen (secondary N) is 1. The zero-order valence-electron chi connectivity index (χ0n) is 18.2. The highest BCUT2D eigenvalue weighted by Gasteiger charge is 2.12. The van der Waals surface area contributed by atoms with E-state index in [1.165, 1.54) is 29.5 Å². The smallest absolute Gasteiger partial charge is 0.00174 e. The van der Waals surface area contributed by atoms with Gasteiger partial charge in [-0.05, 0) is 61.9 Å². The summed E-state index contributed by atoms with van der Waals surface area (Å²) in [6.07, 6.45) is 2.46. The van der Waals surface area contributed by atoms with Crippen molar-refractivity contribution in [2.24, 2.45) is 5.92 Å². The van der Waals surface area contributed by atoms with Crippen molar-refractivity contribution >= 4 is 0 Å². The molecule has 1 N–H and O–H groups in total. The molecule has 146 valence electrons. The van der Waals surface area contributed by atoms with Gasteiger partial charge in [-0.3, -0.25) is 0 Å². The van der Waals surface area contributed by atoms with E-state index in [1.54, 1.807) is 0 Å². The van der Waals surface area contributed by atoms with Crippen molar-refractivity contribution in [3.8, 4) is 0 Å². The molecule has 26 heavy (non-hydrogen) atoms. The van der Waals surface area contributed by atoms with Crippen LogP contribution in [0.4, 0.5) is 0 Å². The molecule has 0 aliphatic carbocycles. The molecular weight excluding hydrogens is 314 g/mol. The Kier molecular flexibility index (Phi) is 14.7. The van der Waals surface area contributed by atoms with E-state index < -0.39 is 0 Å². The molecule has 0 bridgehead atoms. The van der Waals surface area contributed by atoms with Crippen LogP contribution in [0.3, 0.4) is 0 Å². The first kappa shape index (κ1) is 24.4. The number of aryl methyl sites for hydroxylation is 2. The Morgan fingerprint density at radius 3 is 1.65 bits per heavy atom. The third-order valence-electron chi connectivity index (χ3n) is 4.50. The van der Waals surface area contributed by atoms with Crippen LogP contribution in [0.5, 0.6) is 0 Å². The second-order valence-corrected chi connectivity index (χ2v) is 7.17. The highest BCUT2D eigenvalue weighted by atomic mass is 14.8. The largest absolute Gasteiger partial charge is 0.316 e. The van der Waals surface area contributed by atoms with Crippen molar-refractivity contribution in [3.63, 3.8) is 0 Å². The first-order valence-electron chi connectivity index (χ1n) is 10.3. The Bertz CT molecular complexity index is 526. The summed E-state index contributed by atoms with van der Waals surface area (Å²) in [5.74, 6) is 1.33. The monoisotopic (exact) mass is 355 g/mol. The standard InChI is InChI=1S/C14H23N.C8H10.C3H8/c1-4-10-15-11-12(2)13(3)14-8-6-5-7-9-14;1-7-5-3-4-6-8(7)2;1-3-2/h5-9,12-13,15H,4,10-11H2,1-3H3;3-6H,1-2H3;3H2,1-2H3/t12-,13?;;/m1../s1. The van der Waals surface area contributed by atoms with Crippen molar-refractivity contribution in [2.75, 3.05) is 13.1 Å². The highest BCUT2D eigenvalue weighted by Crippen LogP contribution is 2.22. The maximum absolute atomic E-state index is 3.49. The Labute approximate surface area is 163 Å². The summed E-state index contributed by atoms with van der Waals surface area (Å²) in [4.78, 5) is 0. The van der Waals surface area contributed by atoms with Crippen LogP contribution in [-0.2, 0) is 0 Å². The third-order valence-corrected chi connectivity index (χ3v) is 4.50. The maximum atomic E-state index is 3.49. The minimum Gasteiger partial charge on any atom is -0.316 e. The number of rotatable bonds is 6. The van der Waals surface area contributed by atoms with E-state index in [9.17, 15) is 0 Å². The average Bonchev–Trinajstić information content (AvgIpc) is 2.65. The highest BCUT2D eigenvalue weighted by molar-refractivity contribution is 5.23. The van der Waals surface area contributed by atoms with Gasteiger partial charge in [0, 0.05) is 0 Å². The van der Waals surface area contributed by atoms with Gasteiger partial charge in [-0.15, -0.1) is 0 Å². The first-order chi connectivity index (χ1) is 12.5. The lowest BCUT2D eigenvalue weighted by Crippen LogP contribution is -2.24. The SMILES string of the molecule is CCC.CCCNC[C@@H](C)C(C)c1ccccc1.Cc1ccccc1C. The summed E-state index contributed by atoms with van der Waals surface area (Å²) in [5, 5.41) is 3.49. The molecule has 0 saturated heterocycles. The van der Waals surface area contributed by atoms with Gasteiger partial charge in [0.1, 0.15) is 0 Å². The lowest BCUT2D eigenvalue weighted by Gasteiger charge is -2.20. The summed E-state index contributed by atoms with van der Waals surface area (Å²) in [6.45, 7) is 17.6. The Morgan fingerprint density at radius 2 is 1.23 bits per heavy atom. The number of hydrogen-bond acceptors (Lipinski definition) is 1. The fourth-order valence-corrected chi connectivity index (χ4v) is 2.43. The van der Waals surface area contributed by atoms with Crippen LogP contribution in [0.15, 0.2) is 54.6 Å². The quantitative estimate of drug-likeness (QED) is 0.543. The van der Waals surface area contributed by atoms with Crippen LogP contribution in [0.1, 0.15) is 70.1 Å².